The van der Waals surface area contributed by atoms with Crippen LogP contribution >= 0.6 is 0 Å². The number of amides is 1. The Morgan fingerprint density at radius 3 is 2.67 bits per heavy atom. The van der Waals surface area contributed by atoms with Gasteiger partial charge >= 0.3 is 0 Å². The van der Waals surface area contributed by atoms with E-state index in [1.807, 2.05) is 13.0 Å². The maximum atomic E-state index is 12.3. The molecule has 2 rings (SSSR count). The monoisotopic (exact) mass is 293 g/mol. The van der Waals surface area contributed by atoms with E-state index in [1.165, 1.54) is 0 Å². The van der Waals surface area contributed by atoms with Crippen LogP contribution in [0, 0.1) is 5.92 Å². The molecular formula is C16H27N3O2. The minimum absolute atomic E-state index is 0.0395. The lowest BCUT2D eigenvalue weighted by atomic mass is 9.87. The molecule has 21 heavy (non-hydrogen) atoms. The second-order valence-corrected chi connectivity index (χ2v) is 6.31. The first kappa shape index (κ1) is 16.0. The third-order valence-corrected chi connectivity index (χ3v) is 4.29. The highest BCUT2D eigenvalue weighted by molar-refractivity contribution is 5.92. The molecule has 0 unspecified atom stereocenters. The molecule has 118 valence electrons. The van der Waals surface area contributed by atoms with Gasteiger partial charge in [0.1, 0.15) is 5.69 Å². The number of aromatic nitrogens is 2. The van der Waals surface area contributed by atoms with Crippen LogP contribution in [0.5, 0.6) is 0 Å². The zero-order valence-electron chi connectivity index (χ0n) is 13.3. The van der Waals surface area contributed by atoms with Gasteiger partial charge in [0, 0.05) is 13.1 Å². The summed E-state index contributed by atoms with van der Waals surface area (Å²) in [6.07, 6.45) is 3.54. The number of aliphatic hydroxyl groups is 1. The number of carbonyl (C=O) groups is 1. The van der Waals surface area contributed by atoms with Crippen LogP contribution in [-0.2, 0) is 6.54 Å². The number of hydrogen-bond acceptors (Lipinski definition) is 3. The highest BCUT2D eigenvalue weighted by Gasteiger charge is 2.21. The van der Waals surface area contributed by atoms with E-state index in [0.29, 0.717) is 30.6 Å². The number of aryl methyl sites for hydroxylation is 1. The van der Waals surface area contributed by atoms with Crippen molar-refractivity contribution in [2.24, 2.45) is 5.92 Å². The van der Waals surface area contributed by atoms with E-state index in [-0.39, 0.29) is 12.0 Å². The summed E-state index contributed by atoms with van der Waals surface area (Å²) in [7, 11) is 0. The average Bonchev–Trinajstić information content (AvgIpc) is 2.91. The van der Waals surface area contributed by atoms with Gasteiger partial charge in [-0.05, 0) is 50.5 Å². The smallest absolute Gasteiger partial charge is 0.269 e. The fourth-order valence-electron chi connectivity index (χ4n) is 2.82. The topological polar surface area (TPSA) is 67.2 Å². The van der Waals surface area contributed by atoms with E-state index in [2.05, 4.69) is 24.3 Å². The molecule has 1 heterocycles. The molecule has 0 bridgehead atoms. The highest BCUT2D eigenvalue weighted by Crippen LogP contribution is 2.23. The van der Waals surface area contributed by atoms with Gasteiger partial charge in [-0.3, -0.25) is 9.48 Å². The normalized spacial score (nSPS) is 22.5. The fraction of sp³-hybridized carbons (Fsp3) is 0.750. The molecule has 5 heteroatoms. The van der Waals surface area contributed by atoms with Crippen LogP contribution in [0.1, 0.15) is 68.6 Å². The van der Waals surface area contributed by atoms with Crippen molar-refractivity contribution >= 4 is 5.91 Å². The quantitative estimate of drug-likeness (QED) is 0.875. The number of aliphatic hydroxyl groups excluding tert-OH is 1. The van der Waals surface area contributed by atoms with Gasteiger partial charge in [0.2, 0.25) is 0 Å². The van der Waals surface area contributed by atoms with E-state index >= 15 is 0 Å². The van der Waals surface area contributed by atoms with Crippen molar-refractivity contribution in [3.8, 4) is 0 Å². The molecule has 0 atom stereocenters. The van der Waals surface area contributed by atoms with E-state index in [4.69, 9.17) is 0 Å². The van der Waals surface area contributed by atoms with Gasteiger partial charge in [-0.1, -0.05) is 13.8 Å². The second-order valence-electron chi connectivity index (χ2n) is 6.31. The van der Waals surface area contributed by atoms with Crippen molar-refractivity contribution in [1.82, 2.24) is 15.1 Å². The first-order valence-corrected chi connectivity index (χ1v) is 8.05. The molecule has 0 radical (unpaired) electrons. The summed E-state index contributed by atoms with van der Waals surface area (Å²) in [5.74, 6) is 0.770. The summed E-state index contributed by atoms with van der Waals surface area (Å²) in [6.45, 7) is 7.55. The molecule has 1 aromatic heterocycles. The van der Waals surface area contributed by atoms with Crippen molar-refractivity contribution < 1.29 is 9.90 Å². The molecule has 1 aliphatic carbocycles. The Bertz CT molecular complexity index is 474. The maximum absolute atomic E-state index is 12.3. The Morgan fingerprint density at radius 2 is 2.10 bits per heavy atom. The maximum Gasteiger partial charge on any atom is 0.269 e. The van der Waals surface area contributed by atoms with Crippen LogP contribution in [-0.4, -0.2) is 33.4 Å². The molecular weight excluding hydrogens is 266 g/mol. The van der Waals surface area contributed by atoms with E-state index < -0.39 is 0 Å². The van der Waals surface area contributed by atoms with Crippen LogP contribution in [0.3, 0.4) is 0 Å². The van der Waals surface area contributed by atoms with Crippen molar-refractivity contribution in [2.45, 2.75) is 65.0 Å². The molecule has 2 N–H and O–H groups in total. The summed E-state index contributed by atoms with van der Waals surface area (Å²) >= 11 is 0. The predicted octanol–water partition coefficient (Wildman–Crippen LogP) is 2.31. The zero-order chi connectivity index (χ0) is 15.4. The molecule has 0 aromatic carbocycles. The number of hydrogen-bond donors (Lipinski definition) is 2. The summed E-state index contributed by atoms with van der Waals surface area (Å²) < 4.78 is 1.77. The standard InChI is InChI=1S/C16H27N3O2/c1-4-19-15(9-14(18-19)11(2)3)16(21)17-10-12-5-7-13(20)8-6-12/h9,11-13,20H,4-8,10H2,1-3H3,(H,17,21). The molecule has 0 aliphatic heterocycles. The van der Waals surface area contributed by atoms with Crippen molar-refractivity contribution in [3.63, 3.8) is 0 Å². The summed E-state index contributed by atoms with van der Waals surface area (Å²) in [5, 5.41) is 17.0. The van der Waals surface area contributed by atoms with Crippen LogP contribution in [0.15, 0.2) is 6.07 Å². The molecule has 1 aliphatic rings. The Morgan fingerprint density at radius 1 is 1.43 bits per heavy atom. The molecule has 0 spiro atoms. The zero-order valence-corrected chi connectivity index (χ0v) is 13.3. The predicted molar refractivity (Wildman–Crippen MR) is 82.3 cm³/mol. The summed E-state index contributed by atoms with van der Waals surface area (Å²) in [4.78, 5) is 12.3. The van der Waals surface area contributed by atoms with Crippen LogP contribution in [0.2, 0.25) is 0 Å². The van der Waals surface area contributed by atoms with Crippen LogP contribution < -0.4 is 5.32 Å². The third kappa shape index (κ3) is 4.06. The number of rotatable bonds is 5. The minimum Gasteiger partial charge on any atom is -0.393 e. The van der Waals surface area contributed by atoms with Crippen molar-refractivity contribution in [2.75, 3.05) is 6.54 Å². The van der Waals surface area contributed by atoms with Crippen LogP contribution in [0.4, 0.5) is 0 Å². The fourth-order valence-corrected chi connectivity index (χ4v) is 2.82. The van der Waals surface area contributed by atoms with Crippen LogP contribution in [0.25, 0.3) is 0 Å². The number of nitrogens with one attached hydrogen (secondary N) is 1. The van der Waals surface area contributed by atoms with Crippen molar-refractivity contribution in [1.29, 1.82) is 0 Å². The Kier molecular flexibility index (Phi) is 5.39. The van der Waals surface area contributed by atoms with Gasteiger partial charge in [0.15, 0.2) is 0 Å². The van der Waals surface area contributed by atoms with E-state index in [0.717, 1.165) is 31.4 Å². The van der Waals surface area contributed by atoms with Gasteiger partial charge in [-0.15, -0.1) is 0 Å². The Balaban J connectivity index is 1.93. The van der Waals surface area contributed by atoms with Gasteiger partial charge in [0.25, 0.3) is 5.91 Å². The summed E-state index contributed by atoms with van der Waals surface area (Å²) in [6, 6.07) is 1.90. The van der Waals surface area contributed by atoms with Gasteiger partial charge in [-0.25, -0.2) is 0 Å². The number of nitrogens with zero attached hydrogens (tertiary/aromatic N) is 2. The lowest BCUT2D eigenvalue weighted by Gasteiger charge is -2.25. The molecule has 1 fully saturated rings. The SMILES string of the molecule is CCn1nc(C(C)C)cc1C(=O)NCC1CCC(O)CC1. The lowest BCUT2D eigenvalue weighted by molar-refractivity contribution is 0.0901. The van der Waals surface area contributed by atoms with E-state index in [9.17, 15) is 9.90 Å². The average molecular weight is 293 g/mol. The molecule has 5 nitrogen and oxygen atoms in total. The van der Waals surface area contributed by atoms with Crippen molar-refractivity contribution in [3.05, 3.63) is 17.5 Å². The lowest BCUT2D eigenvalue weighted by Crippen LogP contribution is -2.33. The molecule has 1 saturated carbocycles. The number of carbonyl (C=O) groups excluding carboxylic acids is 1. The molecule has 1 amide bonds. The largest absolute Gasteiger partial charge is 0.393 e. The highest BCUT2D eigenvalue weighted by atomic mass is 16.3. The second kappa shape index (κ2) is 7.07. The van der Waals surface area contributed by atoms with Gasteiger partial charge in [-0.2, -0.15) is 5.10 Å². The molecule has 1 aromatic rings. The first-order valence-electron chi connectivity index (χ1n) is 8.05. The molecule has 0 saturated heterocycles. The van der Waals surface area contributed by atoms with Gasteiger partial charge < -0.3 is 10.4 Å². The first-order chi connectivity index (χ1) is 10.0. The Labute approximate surface area is 126 Å². The third-order valence-electron chi connectivity index (χ3n) is 4.29. The summed E-state index contributed by atoms with van der Waals surface area (Å²) in [5.41, 5.74) is 1.61. The minimum atomic E-state index is -0.146. The van der Waals surface area contributed by atoms with Gasteiger partial charge in [0.05, 0.1) is 11.8 Å². The Hall–Kier alpha value is -1.36. The van der Waals surface area contributed by atoms with E-state index in [1.54, 1.807) is 4.68 Å².